The fourth-order valence-electron chi connectivity index (χ4n) is 2.19. The maximum absolute atomic E-state index is 5.53. The number of nitrogens with zero attached hydrogens (tertiary/aromatic N) is 3. The van der Waals surface area contributed by atoms with Gasteiger partial charge in [0.05, 0.1) is 0 Å². The predicted octanol–water partition coefficient (Wildman–Crippen LogP) is 0.345. The number of nitrogens with two attached hydrogens (primary N) is 1. The molecule has 17 heavy (non-hydrogen) atoms. The number of likely N-dealkylation sites (tertiary alicyclic amines) is 1. The first-order valence-electron chi connectivity index (χ1n) is 6.43. The van der Waals surface area contributed by atoms with Gasteiger partial charge in [-0.3, -0.25) is 10.4 Å². The average Bonchev–Trinajstić information content (AvgIpc) is 2.64. The number of guanidine groups is 1. The molecule has 0 spiro atoms. The van der Waals surface area contributed by atoms with Gasteiger partial charge in [0.1, 0.15) is 0 Å². The molecule has 0 aromatic rings. The summed E-state index contributed by atoms with van der Waals surface area (Å²) in [4.78, 5) is 9.00. The van der Waals surface area contributed by atoms with Crippen LogP contribution in [0.15, 0.2) is 4.99 Å². The molecule has 0 aromatic carbocycles. The van der Waals surface area contributed by atoms with Crippen LogP contribution < -0.4 is 11.3 Å². The highest BCUT2D eigenvalue weighted by Crippen LogP contribution is 2.15. The van der Waals surface area contributed by atoms with Gasteiger partial charge in [0, 0.05) is 26.7 Å². The highest BCUT2D eigenvalue weighted by molar-refractivity contribution is 5.79. The van der Waals surface area contributed by atoms with E-state index in [1.165, 1.54) is 19.5 Å². The van der Waals surface area contributed by atoms with E-state index in [-0.39, 0.29) is 0 Å². The number of aliphatic imine (C=N–C) groups is 1. The highest BCUT2D eigenvalue weighted by atomic mass is 15.4. The van der Waals surface area contributed by atoms with Crippen molar-refractivity contribution >= 4 is 5.96 Å². The molecular formula is C12H27N5. The Morgan fingerprint density at radius 3 is 2.76 bits per heavy atom. The Balaban J connectivity index is 2.43. The molecule has 0 aromatic heterocycles. The predicted molar refractivity (Wildman–Crippen MR) is 72.7 cm³/mol. The summed E-state index contributed by atoms with van der Waals surface area (Å²) in [6.07, 6.45) is 1.27. The lowest BCUT2D eigenvalue weighted by Crippen LogP contribution is -2.45. The Morgan fingerprint density at radius 2 is 2.29 bits per heavy atom. The molecule has 1 rings (SSSR count). The minimum atomic E-state index is 0.560. The molecule has 0 radical (unpaired) electrons. The molecule has 5 heteroatoms. The second-order valence-corrected chi connectivity index (χ2v) is 5.50. The Hall–Kier alpha value is -0.810. The van der Waals surface area contributed by atoms with Crippen molar-refractivity contribution in [1.29, 1.82) is 0 Å². The van der Waals surface area contributed by atoms with Crippen LogP contribution in [0, 0.1) is 11.8 Å². The number of nitrogens with one attached hydrogen (secondary N) is 1. The van der Waals surface area contributed by atoms with Gasteiger partial charge in [0.15, 0.2) is 0 Å². The normalized spacial score (nSPS) is 22.2. The number of hydrogen-bond donors (Lipinski definition) is 2. The van der Waals surface area contributed by atoms with Crippen LogP contribution in [0.4, 0.5) is 0 Å². The van der Waals surface area contributed by atoms with E-state index in [2.05, 4.69) is 48.2 Å². The maximum Gasteiger partial charge on any atom is 0.208 e. The largest absolute Gasteiger partial charge is 0.345 e. The van der Waals surface area contributed by atoms with Gasteiger partial charge in [-0.15, -0.1) is 0 Å². The van der Waals surface area contributed by atoms with Crippen LogP contribution in [0.2, 0.25) is 0 Å². The van der Waals surface area contributed by atoms with Gasteiger partial charge in [-0.1, -0.05) is 13.8 Å². The van der Waals surface area contributed by atoms with E-state index in [0.29, 0.717) is 5.92 Å². The van der Waals surface area contributed by atoms with E-state index in [9.17, 15) is 0 Å². The molecule has 5 nitrogen and oxygen atoms in total. The van der Waals surface area contributed by atoms with E-state index in [1.807, 2.05) is 0 Å². The SMILES string of the molecule is CC(C)CN=C(NN)N(C)CC1CCN(C)C1. The lowest BCUT2D eigenvalue weighted by Gasteiger charge is -2.24. The van der Waals surface area contributed by atoms with Crippen molar-refractivity contribution in [2.24, 2.45) is 22.7 Å². The first kappa shape index (κ1) is 14.3. The summed E-state index contributed by atoms with van der Waals surface area (Å²) >= 11 is 0. The number of rotatable bonds is 4. The van der Waals surface area contributed by atoms with E-state index >= 15 is 0 Å². The summed E-state index contributed by atoms with van der Waals surface area (Å²) in [5, 5.41) is 0. The molecular weight excluding hydrogens is 214 g/mol. The third-order valence-corrected chi connectivity index (χ3v) is 3.12. The summed E-state index contributed by atoms with van der Waals surface area (Å²) in [5.41, 5.74) is 2.70. The van der Waals surface area contributed by atoms with Crippen molar-refractivity contribution in [2.75, 3.05) is 40.3 Å². The van der Waals surface area contributed by atoms with Crippen molar-refractivity contribution in [2.45, 2.75) is 20.3 Å². The van der Waals surface area contributed by atoms with E-state index in [0.717, 1.165) is 25.0 Å². The fourth-order valence-corrected chi connectivity index (χ4v) is 2.19. The zero-order chi connectivity index (χ0) is 12.8. The summed E-state index contributed by atoms with van der Waals surface area (Å²) in [7, 11) is 4.23. The van der Waals surface area contributed by atoms with Crippen molar-refractivity contribution < 1.29 is 0 Å². The fraction of sp³-hybridized carbons (Fsp3) is 0.917. The Labute approximate surface area is 105 Å². The quantitative estimate of drug-likeness (QED) is 0.323. The summed E-state index contributed by atoms with van der Waals surface area (Å²) in [6, 6.07) is 0. The van der Waals surface area contributed by atoms with Crippen LogP contribution in [0.5, 0.6) is 0 Å². The van der Waals surface area contributed by atoms with Gasteiger partial charge in [-0.2, -0.15) is 0 Å². The third kappa shape index (κ3) is 4.91. The van der Waals surface area contributed by atoms with Crippen molar-refractivity contribution in [3.8, 4) is 0 Å². The Bertz CT molecular complexity index is 251. The topological polar surface area (TPSA) is 56.9 Å². The summed E-state index contributed by atoms with van der Waals surface area (Å²) < 4.78 is 0. The smallest absolute Gasteiger partial charge is 0.208 e. The highest BCUT2D eigenvalue weighted by Gasteiger charge is 2.21. The van der Waals surface area contributed by atoms with Gasteiger partial charge in [-0.05, 0) is 31.8 Å². The van der Waals surface area contributed by atoms with Crippen LogP contribution >= 0.6 is 0 Å². The first-order valence-corrected chi connectivity index (χ1v) is 6.43. The lowest BCUT2D eigenvalue weighted by molar-refractivity contribution is 0.350. The Kier molecular flexibility index (Phi) is 5.71. The second kappa shape index (κ2) is 6.81. The van der Waals surface area contributed by atoms with E-state index < -0.39 is 0 Å². The minimum Gasteiger partial charge on any atom is -0.345 e. The summed E-state index contributed by atoms with van der Waals surface area (Å²) in [5.74, 6) is 7.61. The van der Waals surface area contributed by atoms with Crippen LogP contribution in [-0.4, -0.2) is 56.0 Å². The monoisotopic (exact) mass is 241 g/mol. The molecule has 100 valence electrons. The van der Waals surface area contributed by atoms with Gasteiger partial charge in [-0.25, -0.2) is 5.84 Å². The van der Waals surface area contributed by atoms with E-state index in [4.69, 9.17) is 5.84 Å². The van der Waals surface area contributed by atoms with Gasteiger partial charge in [0.25, 0.3) is 0 Å². The first-order chi connectivity index (χ1) is 8.02. The molecule has 1 heterocycles. The Morgan fingerprint density at radius 1 is 1.59 bits per heavy atom. The van der Waals surface area contributed by atoms with Gasteiger partial charge >= 0.3 is 0 Å². The number of hydrazine groups is 1. The van der Waals surface area contributed by atoms with Gasteiger partial charge < -0.3 is 9.80 Å². The van der Waals surface area contributed by atoms with E-state index in [1.54, 1.807) is 0 Å². The van der Waals surface area contributed by atoms with Crippen LogP contribution in [0.1, 0.15) is 20.3 Å². The standard InChI is InChI=1S/C12H27N5/c1-10(2)7-14-12(15-13)17(4)9-11-5-6-16(3)8-11/h10-11H,5-9,13H2,1-4H3,(H,14,15). The molecule has 1 fully saturated rings. The molecule has 1 aliphatic rings. The third-order valence-electron chi connectivity index (χ3n) is 3.12. The molecule has 1 aliphatic heterocycles. The molecule has 0 saturated carbocycles. The average molecular weight is 241 g/mol. The minimum absolute atomic E-state index is 0.560. The molecule has 1 atom stereocenters. The van der Waals surface area contributed by atoms with Crippen LogP contribution in [-0.2, 0) is 0 Å². The lowest BCUT2D eigenvalue weighted by atomic mass is 10.1. The van der Waals surface area contributed by atoms with Crippen molar-refractivity contribution in [3.05, 3.63) is 0 Å². The second-order valence-electron chi connectivity index (χ2n) is 5.50. The molecule has 0 bridgehead atoms. The zero-order valence-electron chi connectivity index (χ0n) is 11.6. The maximum atomic E-state index is 5.53. The molecule has 0 aliphatic carbocycles. The van der Waals surface area contributed by atoms with Crippen molar-refractivity contribution in [1.82, 2.24) is 15.2 Å². The van der Waals surface area contributed by atoms with Crippen LogP contribution in [0.3, 0.4) is 0 Å². The molecule has 1 saturated heterocycles. The summed E-state index contributed by atoms with van der Waals surface area (Å²) in [6.45, 7) is 8.52. The van der Waals surface area contributed by atoms with Gasteiger partial charge in [0.2, 0.25) is 5.96 Å². The van der Waals surface area contributed by atoms with Crippen molar-refractivity contribution in [3.63, 3.8) is 0 Å². The molecule has 3 N–H and O–H groups in total. The molecule has 1 unspecified atom stereocenters. The van der Waals surface area contributed by atoms with Crippen LogP contribution in [0.25, 0.3) is 0 Å². The number of hydrogen-bond acceptors (Lipinski definition) is 3. The molecule has 0 amide bonds. The zero-order valence-corrected chi connectivity index (χ0v) is 11.6.